The molecule has 0 saturated carbocycles. The number of ether oxygens (including phenoxy) is 2. The molecule has 1 saturated heterocycles. The van der Waals surface area contributed by atoms with E-state index in [1.54, 1.807) is 7.11 Å². The van der Waals surface area contributed by atoms with Crippen molar-refractivity contribution in [3.63, 3.8) is 0 Å². The topological polar surface area (TPSA) is 41.9 Å². The van der Waals surface area contributed by atoms with Crippen LogP contribution in [0.25, 0.3) is 0 Å². The van der Waals surface area contributed by atoms with Gasteiger partial charge in [0.25, 0.3) is 0 Å². The second-order valence-corrected chi connectivity index (χ2v) is 4.87. The van der Waals surface area contributed by atoms with Gasteiger partial charge < -0.3 is 14.6 Å². The van der Waals surface area contributed by atoms with Gasteiger partial charge in [-0.15, -0.1) is 0 Å². The third-order valence-electron chi connectivity index (χ3n) is 3.10. The minimum absolute atomic E-state index is 0.385. The van der Waals surface area contributed by atoms with Crippen molar-refractivity contribution in [3.05, 3.63) is 0 Å². The molecule has 1 aliphatic heterocycles. The number of rotatable bonds is 7. The van der Waals surface area contributed by atoms with E-state index in [0.29, 0.717) is 25.9 Å². The van der Waals surface area contributed by atoms with Crippen molar-refractivity contribution < 1.29 is 14.6 Å². The van der Waals surface area contributed by atoms with Crippen molar-refractivity contribution in [3.8, 4) is 0 Å². The first-order valence-corrected chi connectivity index (χ1v) is 6.12. The SMILES string of the molecule is COCCOCC(O)CN1CC(C)CC1C. The Labute approximate surface area is 98.5 Å². The second-order valence-electron chi connectivity index (χ2n) is 4.87. The van der Waals surface area contributed by atoms with Gasteiger partial charge in [0.05, 0.1) is 25.9 Å². The number of likely N-dealkylation sites (tertiary alicyclic amines) is 1. The number of aliphatic hydroxyl groups excluding tert-OH is 1. The first-order valence-electron chi connectivity index (χ1n) is 6.12. The molecular weight excluding hydrogens is 206 g/mol. The largest absolute Gasteiger partial charge is 0.389 e. The minimum Gasteiger partial charge on any atom is -0.389 e. The molecule has 0 aromatic carbocycles. The van der Waals surface area contributed by atoms with Gasteiger partial charge >= 0.3 is 0 Å². The Balaban J connectivity index is 2.11. The lowest BCUT2D eigenvalue weighted by molar-refractivity contribution is -0.00158. The van der Waals surface area contributed by atoms with Gasteiger partial charge in [0.2, 0.25) is 0 Å². The van der Waals surface area contributed by atoms with E-state index in [4.69, 9.17) is 9.47 Å². The Morgan fingerprint density at radius 3 is 2.69 bits per heavy atom. The van der Waals surface area contributed by atoms with Gasteiger partial charge in [-0.05, 0) is 19.3 Å². The lowest BCUT2D eigenvalue weighted by Crippen LogP contribution is -2.37. The Kier molecular flexibility index (Phi) is 6.28. The van der Waals surface area contributed by atoms with Gasteiger partial charge in [-0.25, -0.2) is 0 Å². The first kappa shape index (κ1) is 13.9. The van der Waals surface area contributed by atoms with Crippen LogP contribution in [-0.2, 0) is 9.47 Å². The highest BCUT2D eigenvalue weighted by molar-refractivity contribution is 4.81. The molecule has 0 radical (unpaired) electrons. The maximum atomic E-state index is 9.81. The average Bonchev–Trinajstić information content (AvgIpc) is 2.52. The molecule has 1 fully saturated rings. The fourth-order valence-corrected chi connectivity index (χ4v) is 2.33. The van der Waals surface area contributed by atoms with Gasteiger partial charge in [0, 0.05) is 26.2 Å². The summed E-state index contributed by atoms with van der Waals surface area (Å²) in [5, 5.41) is 9.81. The number of β-amino-alcohol motifs (C(OH)–C–C–N with tert-alkyl or cyclic N) is 1. The maximum absolute atomic E-state index is 9.81. The van der Waals surface area contributed by atoms with Crippen LogP contribution in [0.1, 0.15) is 20.3 Å². The van der Waals surface area contributed by atoms with Crippen molar-refractivity contribution >= 4 is 0 Å². The van der Waals surface area contributed by atoms with Gasteiger partial charge in [-0.1, -0.05) is 6.92 Å². The molecule has 0 aromatic heterocycles. The molecule has 3 unspecified atom stereocenters. The van der Waals surface area contributed by atoms with Gasteiger partial charge in [0.1, 0.15) is 0 Å². The van der Waals surface area contributed by atoms with Gasteiger partial charge in [-0.3, -0.25) is 4.90 Å². The molecule has 1 rings (SSSR count). The van der Waals surface area contributed by atoms with Crippen LogP contribution in [0.15, 0.2) is 0 Å². The monoisotopic (exact) mass is 231 g/mol. The quantitative estimate of drug-likeness (QED) is 0.656. The van der Waals surface area contributed by atoms with Crippen LogP contribution in [-0.4, -0.2) is 62.2 Å². The van der Waals surface area contributed by atoms with Crippen LogP contribution >= 0.6 is 0 Å². The highest BCUT2D eigenvalue weighted by Gasteiger charge is 2.27. The zero-order valence-electron chi connectivity index (χ0n) is 10.7. The summed E-state index contributed by atoms with van der Waals surface area (Å²) >= 11 is 0. The Bertz CT molecular complexity index is 189. The number of aliphatic hydroxyl groups is 1. The van der Waals surface area contributed by atoms with Crippen LogP contribution in [0.3, 0.4) is 0 Å². The predicted molar refractivity (Wildman–Crippen MR) is 63.5 cm³/mol. The van der Waals surface area contributed by atoms with E-state index in [0.717, 1.165) is 19.0 Å². The second kappa shape index (κ2) is 7.22. The maximum Gasteiger partial charge on any atom is 0.0900 e. The molecule has 0 amide bonds. The van der Waals surface area contributed by atoms with E-state index in [2.05, 4.69) is 18.7 Å². The Morgan fingerprint density at radius 2 is 2.12 bits per heavy atom. The highest BCUT2D eigenvalue weighted by Crippen LogP contribution is 2.22. The van der Waals surface area contributed by atoms with E-state index in [9.17, 15) is 5.11 Å². The van der Waals surface area contributed by atoms with Gasteiger partial charge in [-0.2, -0.15) is 0 Å². The van der Waals surface area contributed by atoms with Crippen LogP contribution in [0.4, 0.5) is 0 Å². The first-order chi connectivity index (χ1) is 7.63. The normalized spacial score (nSPS) is 28.5. The van der Waals surface area contributed by atoms with Gasteiger partial charge in [0.15, 0.2) is 0 Å². The molecule has 3 atom stereocenters. The van der Waals surface area contributed by atoms with E-state index >= 15 is 0 Å². The zero-order chi connectivity index (χ0) is 12.0. The molecule has 1 heterocycles. The van der Waals surface area contributed by atoms with Crippen LogP contribution in [0, 0.1) is 5.92 Å². The fraction of sp³-hybridized carbons (Fsp3) is 1.00. The molecule has 1 aliphatic rings. The number of nitrogens with zero attached hydrogens (tertiary/aromatic N) is 1. The predicted octanol–water partition coefficient (Wildman–Crippen LogP) is 0.741. The molecule has 0 aromatic rings. The Morgan fingerprint density at radius 1 is 1.38 bits per heavy atom. The van der Waals surface area contributed by atoms with E-state index in [1.807, 2.05) is 0 Å². The summed E-state index contributed by atoms with van der Waals surface area (Å²) in [5.74, 6) is 0.747. The molecule has 96 valence electrons. The van der Waals surface area contributed by atoms with Crippen molar-refractivity contribution in [2.75, 3.05) is 40.0 Å². The summed E-state index contributed by atoms with van der Waals surface area (Å²) in [6.07, 6.45) is 0.849. The fourth-order valence-electron chi connectivity index (χ4n) is 2.33. The third-order valence-corrected chi connectivity index (χ3v) is 3.10. The summed E-state index contributed by atoms with van der Waals surface area (Å²) in [4.78, 5) is 2.34. The minimum atomic E-state index is -0.385. The lowest BCUT2D eigenvalue weighted by atomic mass is 10.1. The van der Waals surface area contributed by atoms with E-state index in [-0.39, 0.29) is 6.10 Å². The summed E-state index contributed by atoms with van der Waals surface area (Å²) in [6, 6.07) is 0.587. The number of methoxy groups -OCH3 is 1. The van der Waals surface area contributed by atoms with Crippen molar-refractivity contribution in [1.82, 2.24) is 4.90 Å². The summed E-state index contributed by atoms with van der Waals surface area (Å²) in [5.41, 5.74) is 0. The molecular formula is C12H25NO3. The molecule has 0 bridgehead atoms. The van der Waals surface area contributed by atoms with Crippen LogP contribution in [0.5, 0.6) is 0 Å². The van der Waals surface area contributed by atoms with Crippen LogP contribution in [0.2, 0.25) is 0 Å². The van der Waals surface area contributed by atoms with E-state index in [1.165, 1.54) is 6.42 Å². The summed E-state index contributed by atoms with van der Waals surface area (Å²) in [6.45, 7) is 7.85. The highest BCUT2D eigenvalue weighted by atomic mass is 16.5. The summed E-state index contributed by atoms with van der Waals surface area (Å²) < 4.78 is 10.2. The lowest BCUT2D eigenvalue weighted by Gasteiger charge is -2.24. The van der Waals surface area contributed by atoms with E-state index < -0.39 is 0 Å². The number of hydrogen-bond acceptors (Lipinski definition) is 4. The van der Waals surface area contributed by atoms with Crippen LogP contribution < -0.4 is 0 Å². The third kappa shape index (κ3) is 4.78. The smallest absolute Gasteiger partial charge is 0.0900 e. The van der Waals surface area contributed by atoms with Crippen molar-refractivity contribution in [2.45, 2.75) is 32.4 Å². The molecule has 16 heavy (non-hydrogen) atoms. The standard InChI is InChI=1S/C12H25NO3/c1-10-6-11(2)13(7-10)8-12(14)9-16-5-4-15-3/h10-12,14H,4-9H2,1-3H3. The van der Waals surface area contributed by atoms with Crippen molar-refractivity contribution in [1.29, 1.82) is 0 Å². The molecule has 4 heteroatoms. The molecule has 0 aliphatic carbocycles. The average molecular weight is 231 g/mol. The molecule has 1 N–H and O–H groups in total. The Hall–Kier alpha value is -0.160. The van der Waals surface area contributed by atoms with Crippen molar-refractivity contribution in [2.24, 2.45) is 5.92 Å². The number of hydrogen-bond donors (Lipinski definition) is 1. The molecule has 0 spiro atoms. The zero-order valence-corrected chi connectivity index (χ0v) is 10.7. The molecule has 4 nitrogen and oxygen atoms in total. The summed E-state index contributed by atoms with van der Waals surface area (Å²) in [7, 11) is 1.65.